The fourth-order valence-corrected chi connectivity index (χ4v) is 3.23. The van der Waals surface area contributed by atoms with E-state index in [4.69, 9.17) is 0 Å². The van der Waals surface area contributed by atoms with Gasteiger partial charge in [0, 0.05) is 13.1 Å². The summed E-state index contributed by atoms with van der Waals surface area (Å²) in [5.41, 5.74) is 0.441. The van der Waals surface area contributed by atoms with E-state index in [1.165, 1.54) is 38.8 Å². The molecule has 2 heteroatoms. The van der Waals surface area contributed by atoms with Crippen LogP contribution in [-0.2, 0) is 0 Å². The van der Waals surface area contributed by atoms with Crippen molar-refractivity contribution in [2.75, 3.05) is 25.9 Å². The highest BCUT2D eigenvalue weighted by Crippen LogP contribution is 2.32. The molecular formula is C14H31NS. The van der Waals surface area contributed by atoms with Crippen LogP contribution in [0.1, 0.15) is 53.4 Å². The molecular weight excluding hydrogens is 214 g/mol. The molecule has 1 nitrogen and oxygen atoms in total. The summed E-state index contributed by atoms with van der Waals surface area (Å²) in [6, 6.07) is 0. The van der Waals surface area contributed by atoms with Crippen LogP contribution in [0.2, 0.25) is 0 Å². The van der Waals surface area contributed by atoms with Crippen LogP contribution in [0.5, 0.6) is 0 Å². The van der Waals surface area contributed by atoms with Crippen LogP contribution in [0.15, 0.2) is 0 Å². The zero-order chi connectivity index (χ0) is 12.6. The third-order valence-corrected chi connectivity index (χ3v) is 3.85. The van der Waals surface area contributed by atoms with Crippen LogP contribution in [0.25, 0.3) is 0 Å². The molecule has 98 valence electrons. The first-order valence-corrected chi connectivity index (χ1v) is 7.42. The molecule has 0 radical (unpaired) electrons. The molecule has 0 amide bonds. The summed E-state index contributed by atoms with van der Waals surface area (Å²) in [4.78, 5) is 2.49. The van der Waals surface area contributed by atoms with E-state index in [-0.39, 0.29) is 0 Å². The summed E-state index contributed by atoms with van der Waals surface area (Å²) in [7, 11) is 2.25. The SMILES string of the molecule is CCCC(CS)(CCC)CN(C)CC(C)C. The summed E-state index contributed by atoms with van der Waals surface area (Å²) in [5, 5.41) is 0. The molecule has 0 aliphatic heterocycles. The molecule has 0 saturated carbocycles. The van der Waals surface area contributed by atoms with E-state index in [1.807, 2.05) is 0 Å². The van der Waals surface area contributed by atoms with Crippen LogP contribution in [0.4, 0.5) is 0 Å². The van der Waals surface area contributed by atoms with Gasteiger partial charge in [-0.15, -0.1) is 0 Å². The number of rotatable bonds is 9. The van der Waals surface area contributed by atoms with Crippen molar-refractivity contribution in [2.45, 2.75) is 53.4 Å². The molecule has 16 heavy (non-hydrogen) atoms. The maximum atomic E-state index is 4.61. The van der Waals surface area contributed by atoms with Crippen LogP contribution in [0.3, 0.4) is 0 Å². The minimum Gasteiger partial charge on any atom is -0.306 e. The van der Waals surface area contributed by atoms with Crippen molar-refractivity contribution in [2.24, 2.45) is 11.3 Å². The Balaban J connectivity index is 4.37. The van der Waals surface area contributed by atoms with E-state index in [2.05, 4.69) is 52.3 Å². The van der Waals surface area contributed by atoms with E-state index in [0.717, 1.165) is 11.7 Å². The van der Waals surface area contributed by atoms with Crippen molar-refractivity contribution in [1.82, 2.24) is 4.90 Å². The van der Waals surface area contributed by atoms with E-state index in [9.17, 15) is 0 Å². The van der Waals surface area contributed by atoms with Gasteiger partial charge in [-0.05, 0) is 37.0 Å². The van der Waals surface area contributed by atoms with Gasteiger partial charge in [-0.25, -0.2) is 0 Å². The summed E-state index contributed by atoms with van der Waals surface area (Å²) < 4.78 is 0. The highest BCUT2D eigenvalue weighted by Gasteiger charge is 2.28. The van der Waals surface area contributed by atoms with Crippen LogP contribution < -0.4 is 0 Å². The zero-order valence-corrected chi connectivity index (χ0v) is 12.8. The lowest BCUT2D eigenvalue weighted by molar-refractivity contribution is 0.159. The predicted octanol–water partition coefficient (Wildman–Crippen LogP) is 4.09. The van der Waals surface area contributed by atoms with Crippen LogP contribution in [-0.4, -0.2) is 30.8 Å². The van der Waals surface area contributed by atoms with Gasteiger partial charge < -0.3 is 4.90 Å². The molecule has 0 saturated heterocycles. The molecule has 0 aliphatic rings. The lowest BCUT2D eigenvalue weighted by atomic mass is 9.80. The van der Waals surface area contributed by atoms with Gasteiger partial charge in [0.25, 0.3) is 0 Å². The maximum Gasteiger partial charge on any atom is 0.00428 e. The molecule has 0 atom stereocenters. The first-order chi connectivity index (χ1) is 7.49. The third kappa shape index (κ3) is 6.15. The third-order valence-electron chi connectivity index (χ3n) is 3.18. The van der Waals surface area contributed by atoms with Crippen molar-refractivity contribution in [3.63, 3.8) is 0 Å². The number of hydrogen-bond acceptors (Lipinski definition) is 2. The fourth-order valence-electron chi connectivity index (χ4n) is 2.81. The first-order valence-electron chi connectivity index (χ1n) is 6.79. The van der Waals surface area contributed by atoms with Crippen molar-refractivity contribution in [1.29, 1.82) is 0 Å². The summed E-state index contributed by atoms with van der Waals surface area (Å²) >= 11 is 4.61. The average Bonchev–Trinajstić information content (AvgIpc) is 2.16. The van der Waals surface area contributed by atoms with E-state index < -0.39 is 0 Å². The Morgan fingerprint density at radius 1 is 1.12 bits per heavy atom. The molecule has 0 aliphatic carbocycles. The lowest BCUT2D eigenvalue weighted by Gasteiger charge is -2.36. The lowest BCUT2D eigenvalue weighted by Crippen LogP contribution is -2.38. The molecule has 0 spiro atoms. The second-order valence-electron chi connectivity index (χ2n) is 5.75. The van der Waals surface area contributed by atoms with Gasteiger partial charge in [0.2, 0.25) is 0 Å². The molecule has 0 fully saturated rings. The Bertz CT molecular complexity index is 162. The molecule has 0 bridgehead atoms. The van der Waals surface area contributed by atoms with E-state index in [1.54, 1.807) is 0 Å². The minimum atomic E-state index is 0.441. The molecule has 0 unspecified atom stereocenters. The highest BCUT2D eigenvalue weighted by atomic mass is 32.1. The number of hydrogen-bond donors (Lipinski definition) is 1. The minimum absolute atomic E-state index is 0.441. The molecule has 0 aromatic rings. The largest absolute Gasteiger partial charge is 0.306 e. The highest BCUT2D eigenvalue weighted by molar-refractivity contribution is 7.80. The normalized spacial score (nSPS) is 12.8. The topological polar surface area (TPSA) is 3.24 Å². The van der Waals surface area contributed by atoms with Gasteiger partial charge in [0.05, 0.1) is 0 Å². The van der Waals surface area contributed by atoms with Crippen molar-refractivity contribution >= 4 is 12.6 Å². The zero-order valence-electron chi connectivity index (χ0n) is 11.9. The second kappa shape index (κ2) is 8.41. The summed E-state index contributed by atoms with van der Waals surface area (Å²) in [6.45, 7) is 11.6. The molecule has 0 aromatic heterocycles. The Hall–Kier alpha value is 0.310. The Morgan fingerprint density at radius 2 is 1.62 bits per heavy atom. The molecule has 0 N–H and O–H groups in total. The fraction of sp³-hybridized carbons (Fsp3) is 1.00. The Labute approximate surface area is 108 Å². The molecule has 0 aromatic carbocycles. The second-order valence-corrected chi connectivity index (χ2v) is 6.06. The van der Waals surface area contributed by atoms with Gasteiger partial charge >= 0.3 is 0 Å². The van der Waals surface area contributed by atoms with Crippen LogP contribution >= 0.6 is 12.6 Å². The standard InChI is InChI=1S/C14H31NS/c1-6-8-14(12-16,9-7-2)11-15(5)10-13(3)4/h13,16H,6-12H2,1-5H3. The smallest absolute Gasteiger partial charge is 0.00428 e. The summed E-state index contributed by atoms with van der Waals surface area (Å²) in [6.07, 6.45) is 5.17. The predicted molar refractivity (Wildman–Crippen MR) is 78.4 cm³/mol. The Morgan fingerprint density at radius 3 is 1.94 bits per heavy atom. The van der Waals surface area contributed by atoms with Gasteiger partial charge in [-0.3, -0.25) is 0 Å². The van der Waals surface area contributed by atoms with Gasteiger partial charge in [-0.1, -0.05) is 40.5 Å². The maximum absolute atomic E-state index is 4.61. The van der Waals surface area contributed by atoms with Gasteiger partial charge in [0.15, 0.2) is 0 Å². The van der Waals surface area contributed by atoms with Crippen molar-refractivity contribution in [3.05, 3.63) is 0 Å². The van der Waals surface area contributed by atoms with E-state index >= 15 is 0 Å². The van der Waals surface area contributed by atoms with E-state index in [0.29, 0.717) is 5.41 Å². The molecule has 0 heterocycles. The van der Waals surface area contributed by atoms with Crippen LogP contribution in [0, 0.1) is 11.3 Å². The number of nitrogens with zero attached hydrogens (tertiary/aromatic N) is 1. The quantitative estimate of drug-likeness (QED) is 0.599. The van der Waals surface area contributed by atoms with Crippen molar-refractivity contribution in [3.8, 4) is 0 Å². The monoisotopic (exact) mass is 245 g/mol. The first kappa shape index (κ1) is 16.3. The average molecular weight is 245 g/mol. The Kier molecular flexibility index (Phi) is 8.57. The number of thiol groups is 1. The van der Waals surface area contributed by atoms with Gasteiger partial charge in [0.1, 0.15) is 0 Å². The molecule has 0 rings (SSSR count). The summed E-state index contributed by atoms with van der Waals surface area (Å²) in [5.74, 6) is 1.78. The van der Waals surface area contributed by atoms with Gasteiger partial charge in [-0.2, -0.15) is 12.6 Å². The van der Waals surface area contributed by atoms with Crippen molar-refractivity contribution < 1.29 is 0 Å².